The number of carbonyl (C=O) groups is 3. The summed E-state index contributed by atoms with van der Waals surface area (Å²) in [5.74, 6) is 0.0311. The second-order valence-corrected chi connectivity index (χ2v) is 6.49. The van der Waals surface area contributed by atoms with Crippen molar-refractivity contribution in [3.8, 4) is 0 Å². The molecule has 2 saturated heterocycles. The summed E-state index contributed by atoms with van der Waals surface area (Å²) in [7, 11) is 0. The molecule has 2 aliphatic rings. The van der Waals surface area contributed by atoms with Crippen molar-refractivity contribution < 1.29 is 14.4 Å². The van der Waals surface area contributed by atoms with Crippen LogP contribution in [0.3, 0.4) is 0 Å². The van der Waals surface area contributed by atoms with E-state index in [-0.39, 0.29) is 17.7 Å². The lowest BCUT2D eigenvalue weighted by molar-refractivity contribution is -0.139. The van der Waals surface area contributed by atoms with Crippen molar-refractivity contribution in [1.29, 1.82) is 0 Å². The summed E-state index contributed by atoms with van der Waals surface area (Å²) >= 11 is 0. The summed E-state index contributed by atoms with van der Waals surface area (Å²) in [5.41, 5.74) is 1.90. The maximum atomic E-state index is 12.9. The second-order valence-electron chi connectivity index (χ2n) is 6.49. The number of amides is 3. The fraction of sp³-hybridized carbons (Fsp3) is 0.500. The molecular weight excluding hydrogens is 306 g/mol. The molecule has 2 heterocycles. The first kappa shape index (κ1) is 16.5. The molecule has 3 amide bonds. The van der Waals surface area contributed by atoms with Gasteiger partial charge in [0.25, 0.3) is 0 Å². The van der Waals surface area contributed by atoms with E-state index >= 15 is 0 Å². The van der Waals surface area contributed by atoms with Crippen LogP contribution >= 0.6 is 0 Å². The van der Waals surface area contributed by atoms with E-state index in [9.17, 15) is 14.4 Å². The van der Waals surface area contributed by atoms with E-state index in [4.69, 9.17) is 0 Å². The van der Waals surface area contributed by atoms with Crippen molar-refractivity contribution in [3.63, 3.8) is 0 Å². The van der Waals surface area contributed by atoms with Crippen LogP contribution in [0.1, 0.15) is 25.3 Å². The predicted octanol–water partition coefficient (Wildman–Crippen LogP) is 1.18. The predicted molar refractivity (Wildman–Crippen MR) is 90.5 cm³/mol. The Bertz CT molecular complexity index is 648. The molecule has 3 rings (SSSR count). The number of rotatable bonds is 2. The monoisotopic (exact) mass is 329 g/mol. The van der Waals surface area contributed by atoms with Gasteiger partial charge in [0.2, 0.25) is 17.7 Å². The van der Waals surface area contributed by atoms with E-state index in [0.717, 1.165) is 11.3 Å². The molecule has 1 atom stereocenters. The minimum Gasteiger partial charge on any atom is -0.339 e. The SMILES string of the molecule is CC(=O)N1CCN(C(=O)C2CCC(=O)N2c2ccc(C)cc2)CC1. The molecule has 1 unspecified atom stereocenters. The zero-order valence-electron chi connectivity index (χ0n) is 14.2. The molecule has 24 heavy (non-hydrogen) atoms. The van der Waals surface area contributed by atoms with Gasteiger partial charge in [0.05, 0.1) is 0 Å². The molecule has 0 spiro atoms. The maximum Gasteiger partial charge on any atom is 0.245 e. The van der Waals surface area contributed by atoms with Gasteiger partial charge in [-0.25, -0.2) is 0 Å². The molecule has 1 aromatic rings. The molecule has 1 aromatic carbocycles. The van der Waals surface area contributed by atoms with E-state index in [0.29, 0.717) is 39.0 Å². The van der Waals surface area contributed by atoms with Crippen molar-refractivity contribution in [2.75, 3.05) is 31.1 Å². The zero-order valence-corrected chi connectivity index (χ0v) is 14.2. The molecule has 0 aromatic heterocycles. The first-order valence-electron chi connectivity index (χ1n) is 8.40. The number of hydrogen-bond acceptors (Lipinski definition) is 3. The number of nitrogens with zero attached hydrogens (tertiary/aromatic N) is 3. The lowest BCUT2D eigenvalue weighted by Gasteiger charge is -2.37. The number of piperazine rings is 1. The van der Waals surface area contributed by atoms with Gasteiger partial charge in [-0.05, 0) is 25.5 Å². The fourth-order valence-corrected chi connectivity index (χ4v) is 3.40. The quantitative estimate of drug-likeness (QED) is 0.819. The standard InChI is InChI=1S/C18H23N3O3/c1-13-3-5-15(6-4-13)21-16(7-8-17(21)23)18(24)20-11-9-19(10-12-20)14(2)22/h3-6,16H,7-12H2,1-2H3. The van der Waals surface area contributed by atoms with Crippen molar-refractivity contribution >= 4 is 23.4 Å². The van der Waals surface area contributed by atoms with Crippen LogP contribution in [-0.2, 0) is 14.4 Å². The molecular formula is C18H23N3O3. The van der Waals surface area contributed by atoms with Crippen LogP contribution in [0.2, 0.25) is 0 Å². The van der Waals surface area contributed by atoms with Gasteiger partial charge in [-0.15, -0.1) is 0 Å². The Kier molecular flexibility index (Phi) is 4.55. The third kappa shape index (κ3) is 3.13. The number of aryl methyl sites for hydroxylation is 1. The van der Waals surface area contributed by atoms with Crippen molar-refractivity contribution in [2.24, 2.45) is 0 Å². The summed E-state index contributed by atoms with van der Waals surface area (Å²) in [6, 6.07) is 7.27. The molecule has 0 N–H and O–H groups in total. The molecule has 128 valence electrons. The Labute approximate surface area is 142 Å². The first-order chi connectivity index (χ1) is 11.5. The van der Waals surface area contributed by atoms with Crippen molar-refractivity contribution in [2.45, 2.75) is 32.7 Å². The van der Waals surface area contributed by atoms with E-state index in [1.54, 1.807) is 21.6 Å². The van der Waals surface area contributed by atoms with Crippen LogP contribution in [0.5, 0.6) is 0 Å². The smallest absolute Gasteiger partial charge is 0.245 e. The zero-order chi connectivity index (χ0) is 17.3. The highest BCUT2D eigenvalue weighted by molar-refractivity contribution is 6.03. The van der Waals surface area contributed by atoms with Gasteiger partial charge < -0.3 is 9.80 Å². The van der Waals surface area contributed by atoms with Crippen molar-refractivity contribution in [1.82, 2.24) is 9.80 Å². The summed E-state index contributed by atoms with van der Waals surface area (Å²) in [6.07, 6.45) is 0.955. The second kappa shape index (κ2) is 6.63. The highest BCUT2D eigenvalue weighted by Gasteiger charge is 2.39. The van der Waals surface area contributed by atoms with Crippen LogP contribution in [-0.4, -0.2) is 59.7 Å². The van der Waals surface area contributed by atoms with Crippen LogP contribution in [0.15, 0.2) is 24.3 Å². The highest BCUT2D eigenvalue weighted by Crippen LogP contribution is 2.28. The van der Waals surface area contributed by atoms with Gasteiger partial charge >= 0.3 is 0 Å². The topological polar surface area (TPSA) is 60.9 Å². The first-order valence-corrected chi connectivity index (χ1v) is 8.40. The third-order valence-electron chi connectivity index (χ3n) is 4.85. The third-order valence-corrected chi connectivity index (χ3v) is 4.85. The normalized spacial score (nSPS) is 21.3. The van der Waals surface area contributed by atoms with Gasteiger partial charge in [-0.3, -0.25) is 19.3 Å². The van der Waals surface area contributed by atoms with Crippen LogP contribution < -0.4 is 4.90 Å². The van der Waals surface area contributed by atoms with Gasteiger partial charge in [0.15, 0.2) is 0 Å². The van der Waals surface area contributed by atoms with Crippen LogP contribution in [0.25, 0.3) is 0 Å². The van der Waals surface area contributed by atoms with E-state index in [1.807, 2.05) is 31.2 Å². The molecule has 2 aliphatic heterocycles. The summed E-state index contributed by atoms with van der Waals surface area (Å²) in [4.78, 5) is 41.8. The molecule has 0 radical (unpaired) electrons. The number of carbonyl (C=O) groups excluding carboxylic acids is 3. The molecule has 0 saturated carbocycles. The molecule has 0 aliphatic carbocycles. The lowest BCUT2D eigenvalue weighted by Crippen LogP contribution is -2.54. The van der Waals surface area contributed by atoms with Gasteiger partial charge in [0.1, 0.15) is 6.04 Å². The summed E-state index contributed by atoms with van der Waals surface area (Å²) < 4.78 is 0. The highest BCUT2D eigenvalue weighted by atomic mass is 16.2. The largest absolute Gasteiger partial charge is 0.339 e. The Morgan fingerprint density at radius 2 is 1.58 bits per heavy atom. The average Bonchev–Trinajstić information content (AvgIpc) is 2.96. The minimum absolute atomic E-state index is 0.000394. The number of benzene rings is 1. The Balaban J connectivity index is 1.73. The van der Waals surface area contributed by atoms with E-state index in [2.05, 4.69) is 0 Å². The van der Waals surface area contributed by atoms with Gasteiger partial charge in [-0.1, -0.05) is 17.7 Å². The fourth-order valence-electron chi connectivity index (χ4n) is 3.40. The molecule has 6 heteroatoms. The van der Waals surface area contributed by atoms with Crippen molar-refractivity contribution in [3.05, 3.63) is 29.8 Å². The van der Waals surface area contributed by atoms with E-state index in [1.165, 1.54) is 0 Å². The number of anilines is 1. The Morgan fingerprint density at radius 1 is 1.00 bits per heavy atom. The minimum atomic E-state index is -0.427. The molecule has 0 bridgehead atoms. The number of hydrogen-bond donors (Lipinski definition) is 0. The molecule has 6 nitrogen and oxygen atoms in total. The van der Waals surface area contributed by atoms with Crippen LogP contribution in [0.4, 0.5) is 5.69 Å². The molecule has 2 fully saturated rings. The van der Waals surface area contributed by atoms with E-state index < -0.39 is 6.04 Å². The van der Waals surface area contributed by atoms with Gasteiger partial charge in [0, 0.05) is 45.2 Å². The maximum absolute atomic E-state index is 12.9. The average molecular weight is 329 g/mol. The summed E-state index contributed by atoms with van der Waals surface area (Å²) in [6.45, 7) is 5.73. The Hall–Kier alpha value is -2.37. The van der Waals surface area contributed by atoms with Crippen LogP contribution in [0, 0.1) is 6.92 Å². The Morgan fingerprint density at radius 3 is 2.17 bits per heavy atom. The summed E-state index contributed by atoms with van der Waals surface area (Å²) in [5, 5.41) is 0. The van der Waals surface area contributed by atoms with Gasteiger partial charge in [-0.2, -0.15) is 0 Å². The lowest BCUT2D eigenvalue weighted by atomic mass is 10.1.